The molecule has 8 nitrogen and oxygen atoms in total. The highest BCUT2D eigenvalue weighted by Gasteiger charge is 2.39. The summed E-state index contributed by atoms with van der Waals surface area (Å²) < 4.78 is 0. The molecule has 0 spiro atoms. The van der Waals surface area contributed by atoms with Crippen molar-refractivity contribution in [2.45, 2.75) is 5.41 Å². The van der Waals surface area contributed by atoms with Crippen molar-refractivity contribution in [2.75, 3.05) is 31.3 Å². The van der Waals surface area contributed by atoms with Crippen LogP contribution in [-0.2, 0) is 5.41 Å². The van der Waals surface area contributed by atoms with Gasteiger partial charge in [0.1, 0.15) is 0 Å². The number of aliphatic hydroxyl groups excluding tert-OH is 3. The molecule has 0 radical (unpaired) electrons. The first-order chi connectivity index (χ1) is 8.43. The smallest absolute Gasteiger partial charge is 0.275 e. The first kappa shape index (κ1) is 14.2. The van der Waals surface area contributed by atoms with Gasteiger partial charge in [0, 0.05) is 6.07 Å². The van der Waals surface area contributed by atoms with Gasteiger partial charge >= 0.3 is 0 Å². The SMILES string of the molecule is Nc1ccc([N+](=O)[O-])c(C(CO)(CO)CO)c1N. The first-order valence-corrected chi connectivity index (χ1v) is 5.09. The van der Waals surface area contributed by atoms with Gasteiger partial charge < -0.3 is 26.8 Å². The third kappa shape index (κ3) is 2.08. The van der Waals surface area contributed by atoms with Gasteiger partial charge in [-0.05, 0) is 6.07 Å². The average molecular weight is 257 g/mol. The molecule has 0 unspecified atom stereocenters. The van der Waals surface area contributed by atoms with Crippen molar-refractivity contribution < 1.29 is 20.2 Å². The zero-order valence-corrected chi connectivity index (χ0v) is 9.54. The zero-order valence-electron chi connectivity index (χ0n) is 9.54. The zero-order chi connectivity index (χ0) is 13.9. The van der Waals surface area contributed by atoms with Gasteiger partial charge in [0.25, 0.3) is 5.69 Å². The van der Waals surface area contributed by atoms with E-state index in [9.17, 15) is 25.4 Å². The van der Waals surface area contributed by atoms with Crippen LogP contribution < -0.4 is 11.5 Å². The summed E-state index contributed by atoms with van der Waals surface area (Å²) in [7, 11) is 0. The minimum atomic E-state index is -1.61. The van der Waals surface area contributed by atoms with Crippen LogP contribution >= 0.6 is 0 Å². The van der Waals surface area contributed by atoms with E-state index in [0.717, 1.165) is 6.07 Å². The topological polar surface area (TPSA) is 156 Å². The Morgan fingerprint density at radius 3 is 2.06 bits per heavy atom. The van der Waals surface area contributed by atoms with Crippen LogP contribution in [0.2, 0.25) is 0 Å². The summed E-state index contributed by atoms with van der Waals surface area (Å²) in [5, 5.41) is 38.9. The van der Waals surface area contributed by atoms with Crippen molar-refractivity contribution in [2.24, 2.45) is 0 Å². The van der Waals surface area contributed by atoms with Crippen LogP contribution in [0, 0.1) is 10.1 Å². The van der Waals surface area contributed by atoms with Crippen LogP contribution in [0.4, 0.5) is 17.1 Å². The Hall–Kier alpha value is -1.90. The van der Waals surface area contributed by atoms with E-state index in [-0.39, 0.29) is 16.9 Å². The lowest BCUT2D eigenvalue weighted by atomic mass is 9.80. The molecule has 0 atom stereocenters. The normalized spacial score (nSPS) is 11.5. The van der Waals surface area contributed by atoms with Crippen molar-refractivity contribution in [1.29, 1.82) is 0 Å². The minimum absolute atomic E-state index is 0.0790. The summed E-state index contributed by atoms with van der Waals surface area (Å²) in [6.45, 7) is -2.10. The molecule has 7 N–H and O–H groups in total. The predicted octanol–water partition coefficient (Wildman–Crippen LogP) is -1.03. The van der Waals surface area contributed by atoms with Crippen LogP contribution in [0.3, 0.4) is 0 Å². The third-order valence-corrected chi connectivity index (χ3v) is 2.89. The highest BCUT2D eigenvalue weighted by molar-refractivity contribution is 5.75. The highest BCUT2D eigenvalue weighted by Crippen LogP contribution is 2.38. The van der Waals surface area contributed by atoms with Gasteiger partial charge in [0.15, 0.2) is 0 Å². The van der Waals surface area contributed by atoms with Crippen LogP contribution in [0.25, 0.3) is 0 Å². The number of nitrogens with zero attached hydrogens (tertiary/aromatic N) is 1. The Bertz CT molecular complexity index is 451. The van der Waals surface area contributed by atoms with Gasteiger partial charge in [-0.1, -0.05) is 0 Å². The van der Waals surface area contributed by atoms with Crippen LogP contribution in [0.15, 0.2) is 12.1 Å². The number of benzene rings is 1. The van der Waals surface area contributed by atoms with E-state index in [4.69, 9.17) is 11.5 Å². The fourth-order valence-electron chi connectivity index (χ4n) is 1.72. The first-order valence-electron chi connectivity index (χ1n) is 5.09. The summed E-state index contributed by atoms with van der Waals surface area (Å²) in [5.41, 5.74) is 9.02. The molecule has 1 rings (SSSR count). The summed E-state index contributed by atoms with van der Waals surface area (Å²) >= 11 is 0. The Labute approximate surface area is 103 Å². The second kappa shape index (κ2) is 5.17. The molecule has 1 aromatic carbocycles. The lowest BCUT2D eigenvalue weighted by Crippen LogP contribution is -2.40. The van der Waals surface area contributed by atoms with Crippen molar-refractivity contribution in [3.8, 4) is 0 Å². The number of hydrogen-bond acceptors (Lipinski definition) is 7. The van der Waals surface area contributed by atoms with E-state index in [0.29, 0.717) is 0 Å². The maximum absolute atomic E-state index is 10.9. The molecular formula is C10H15N3O5. The molecule has 0 aromatic heterocycles. The second-order valence-corrected chi connectivity index (χ2v) is 3.97. The van der Waals surface area contributed by atoms with Gasteiger partial charge in [0.05, 0.1) is 47.1 Å². The molecule has 0 fully saturated rings. The molecule has 0 heterocycles. The molecule has 0 saturated heterocycles. The Kier molecular flexibility index (Phi) is 4.07. The second-order valence-electron chi connectivity index (χ2n) is 3.97. The van der Waals surface area contributed by atoms with Gasteiger partial charge in [-0.15, -0.1) is 0 Å². The van der Waals surface area contributed by atoms with Gasteiger partial charge in [0.2, 0.25) is 0 Å². The molecule has 0 aliphatic carbocycles. The van der Waals surface area contributed by atoms with Crippen LogP contribution in [-0.4, -0.2) is 40.1 Å². The molecule has 18 heavy (non-hydrogen) atoms. The Balaban J connectivity index is 3.63. The summed E-state index contributed by atoms with van der Waals surface area (Å²) in [5.74, 6) is 0. The molecule has 8 heteroatoms. The molecule has 0 saturated carbocycles. The monoisotopic (exact) mass is 257 g/mol. The van der Waals surface area contributed by atoms with E-state index >= 15 is 0 Å². The fourth-order valence-corrected chi connectivity index (χ4v) is 1.72. The quantitative estimate of drug-likeness (QED) is 0.256. The molecule has 1 aromatic rings. The minimum Gasteiger partial charge on any atom is -0.397 e. The summed E-state index contributed by atoms with van der Waals surface area (Å²) in [4.78, 5) is 10.2. The van der Waals surface area contributed by atoms with Crippen molar-refractivity contribution >= 4 is 17.1 Å². The predicted molar refractivity (Wildman–Crippen MR) is 64.9 cm³/mol. The molecule has 0 amide bonds. The largest absolute Gasteiger partial charge is 0.397 e. The molecular weight excluding hydrogens is 242 g/mol. The van der Waals surface area contributed by atoms with E-state index in [1.807, 2.05) is 0 Å². The molecule has 100 valence electrons. The number of nitro benzene ring substituents is 1. The maximum Gasteiger partial charge on any atom is 0.275 e. The van der Waals surface area contributed by atoms with E-state index in [1.54, 1.807) is 0 Å². The maximum atomic E-state index is 10.9. The van der Waals surface area contributed by atoms with Crippen molar-refractivity contribution in [3.05, 3.63) is 27.8 Å². The van der Waals surface area contributed by atoms with Gasteiger partial charge in [-0.25, -0.2) is 0 Å². The summed E-state index contributed by atoms with van der Waals surface area (Å²) in [6.07, 6.45) is 0. The summed E-state index contributed by atoms with van der Waals surface area (Å²) in [6, 6.07) is 2.38. The van der Waals surface area contributed by atoms with E-state index in [1.165, 1.54) is 6.07 Å². The molecule has 0 aliphatic rings. The number of rotatable bonds is 5. The van der Waals surface area contributed by atoms with Gasteiger partial charge in [-0.2, -0.15) is 0 Å². The number of hydrogen-bond donors (Lipinski definition) is 5. The average Bonchev–Trinajstić information content (AvgIpc) is 2.36. The fraction of sp³-hybridized carbons (Fsp3) is 0.400. The third-order valence-electron chi connectivity index (χ3n) is 2.89. The number of nitro groups is 1. The highest BCUT2D eigenvalue weighted by atomic mass is 16.6. The number of anilines is 2. The Morgan fingerprint density at radius 1 is 1.17 bits per heavy atom. The van der Waals surface area contributed by atoms with Gasteiger partial charge in [-0.3, -0.25) is 10.1 Å². The van der Waals surface area contributed by atoms with Crippen LogP contribution in [0.5, 0.6) is 0 Å². The number of nitrogen functional groups attached to an aromatic ring is 2. The number of aliphatic hydroxyl groups is 3. The van der Waals surface area contributed by atoms with Crippen molar-refractivity contribution in [3.63, 3.8) is 0 Å². The van der Waals surface area contributed by atoms with E-state index < -0.39 is 35.8 Å². The van der Waals surface area contributed by atoms with Crippen LogP contribution in [0.1, 0.15) is 5.56 Å². The lowest BCUT2D eigenvalue weighted by molar-refractivity contribution is -0.386. The van der Waals surface area contributed by atoms with Crippen molar-refractivity contribution in [1.82, 2.24) is 0 Å². The molecule has 0 aliphatic heterocycles. The molecule has 0 bridgehead atoms. The number of nitrogens with two attached hydrogens (primary N) is 2. The lowest BCUT2D eigenvalue weighted by Gasteiger charge is -2.29. The Morgan fingerprint density at radius 2 is 1.67 bits per heavy atom. The standard InChI is InChI=1S/C10H15N3O5/c11-6-1-2-7(13(17)18)8(9(6)12)10(3-14,4-15)5-16/h1-2,14-16H,3-5,11-12H2. The van der Waals surface area contributed by atoms with E-state index in [2.05, 4.69) is 0 Å².